The van der Waals surface area contributed by atoms with Gasteiger partial charge in [0, 0.05) is 19.2 Å². The van der Waals surface area contributed by atoms with Crippen LogP contribution in [-0.4, -0.2) is 28.5 Å². The van der Waals surface area contributed by atoms with Crippen LogP contribution in [0.15, 0.2) is 12.3 Å². The fraction of sp³-hybridized carbons (Fsp3) is 0.364. The molecule has 1 aliphatic rings. The molecule has 1 unspecified atom stereocenters. The molecule has 1 aliphatic heterocycles. The third-order valence-electron chi connectivity index (χ3n) is 2.72. The van der Waals surface area contributed by atoms with Gasteiger partial charge in [0.2, 0.25) is 5.91 Å². The van der Waals surface area contributed by atoms with E-state index in [0.29, 0.717) is 23.8 Å². The van der Waals surface area contributed by atoms with Crippen molar-refractivity contribution in [3.63, 3.8) is 0 Å². The lowest BCUT2D eigenvalue weighted by atomic mass is 10.1. The number of rotatable bonds is 3. The highest BCUT2D eigenvalue weighted by molar-refractivity contribution is 7.80. The third-order valence-corrected chi connectivity index (χ3v) is 2.93. The van der Waals surface area contributed by atoms with Crippen molar-refractivity contribution in [1.29, 1.82) is 0 Å². The Balaban J connectivity index is 2.23. The summed E-state index contributed by atoms with van der Waals surface area (Å²) in [6.45, 7) is 2.53. The molecule has 1 aromatic heterocycles. The molecule has 0 radical (unpaired) electrons. The number of thiocarbonyl (C=S) groups is 1. The summed E-state index contributed by atoms with van der Waals surface area (Å²) in [6.07, 6.45) is 2.15. The van der Waals surface area contributed by atoms with Crippen molar-refractivity contribution in [2.24, 2.45) is 5.73 Å². The Morgan fingerprint density at radius 1 is 1.71 bits per heavy atom. The SMILES string of the molecule is Cc1ccnc(NC2CNC(=O)C2)c1C(N)=S. The number of hydrogen-bond donors (Lipinski definition) is 3. The first-order chi connectivity index (χ1) is 8.08. The zero-order valence-corrected chi connectivity index (χ0v) is 10.3. The van der Waals surface area contributed by atoms with E-state index >= 15 is 0 Å². The van der Waals surface area contributed by atoms with Gasteiger partial charge in [-0.05, 0) is 18.6 Å². The number of carbonyl (C=O) groups excluding carboxylic acids is 1. The molecule has 90 valence electrons. The van der Waals surface area contributed by atoms with Crippen LogP contribution in [-0.2, 0) is 4.79 Å². The van der Waals surface area contributed by atoms with Crippen LogP contribution in [0.25, 0.3) is 0 Å². The molecule has 6 heteroatoms. The summed E-state index contributed by atoms with van der Waals surface area (Å²) in [5.41, 5.74) is 7.42. The van der Waals surface area contributed by atoms with E-state index in [1.807, 2.05) is 13.0 Å². The summed E-state index contributed by atoms with van der Waals surface area (Å²) in [4.78, 5) is 15.7. The monoisotopic (exact) mass is 250 g/mol. The molecule has 4 N–H and O–H groups in total. The Hall–Kier alpha value is -1.69. The smallest absolute Gasteiger partial charge is 0.222 e. The van der Waals surface area contributed by atoms with Gasteiger partial charge in [0.25, 0.3) is 0 Å². The van der Waals surface area contributed by atoms with Crippen LogP contribution in [0.5, 0.6) is 0 Å². The third kappa shape index (κ3) is 2.52. The van der Waals surface area contributed by atoms with Crippen LogP contribution in [0.4, 0.5) is 5.82 Å². The number of pyridine rings is 1. The van der Waals surface area contributed by atoms with Gasteiger partial charge >= 0.3 is 0 Å². The maximum absolute atomic E-state index is 11.1. The van der Waals surface area contributed by atoms with Crippen molar-refractivity contribution in [3.8, 4) is 0 Å². The molecule has 0 aromatic carbocycles. The summed E-state index contributed by atoms with van der Waals surface area (Å²) in [5.74, 6) is 0.700. The lowest BCUT2D eigenvalue weighted by Crippen LogP contribution is -2.25. The van der Waals surface area contributed by atoms with Crippen molar-refractivity contribution in [2.75, 3.05) is 11.9 Å². The van der Waals surface area contributed by atoms with Gasteiger partial charge in [-0.25, -0.2) is 4.98 Å². The molecular formula is C11H14N4OS. The molecule has 1 saturated heterocycles. The number of aromatic nitrogens is 1. The van der Waals surface area contributed by atoms with Crippen LogP contribution in [0.3, 0.4) is 0 Å². The van der Waals surface area contributed by atoms with E-state index in [1.165, 1.54) is 0 Å². The molecular weight excluding hydrogens is 236 g/mol. The number of nitrogens with one attached hydrogen (secondary N) is 2. The lowest BCUT2D eigenvalue weighted by Gasteiger charge is -2.15. The highest BCUT2D eigenvalue weighted by Crippen LogP contribution is 2.18. The predicted octanol–water partition coefficient (Wildman–Crippen LogP) is 0.325. The van der Waals surface area contributed by atoms with Gasteiger partial charge in [0.15, 0.2) is 0 Å². The molecule has 0 saturated carbocycles. The number of hydrogen-bond acceptors (Lipinski definition) is 4. The largest absolute Gasteiger partial charge is 0.389 e. The van der Waals surface area contributed by atoms with Gasteiger partial charge in [0.1, 0.15) is 10.8 Å². The van der Waals surface area contributed by atoms with E-state index in [0.717, 1.165) is 11.1 Å². The Bertz CT molecular complexity index is 475. The van der Waals surface area contributed by atoms with Gasteiger partial charge in [0.05, 0.1) is 11.6 Å². The second-order valence-corrected chi connectivity index (χ2v) is 4.50. The number of anilines is 1. The molecule has 2 rings (SSSR count). The van der Waals surface area contributed by atoms with Gasteiger partial charge in [-0.3, -0.25) is 4.79 Å². The number of amides is 1. The van der Waals surface area contributed by atoms with Gasteiger partial charge in [-0.2, -0.15) is 0 Å². The summed E-state index contributed by atoms with van der Waals surface area (Å²) in [5, 5.41) is 5.96. The first-order valence-corrected chi connectivity index (χ1v) is 5.77. The minimum absolute atomic E-state index is 0.0462. The molecule has 0 bridgehead atoms. The van der Waals surface area contributed by atoms with Crippen molar-refractivity contribution in [1.82, 2.24) is 10.3 Å². The molecule has 1 amide bonds. The predicted molar refractivity (Wildman–Crippen MR) is 69.9 cm³/mol. The normalized spacial score (nSPS) is 18.9. The fourth-order valence-electron chi connectivity index (χ4n) is 1.88. The topological polar surface area (TPSA) is 80.0 Å². The molecule has 17 heavy (non-hydrogen) atoms. The van der Waals surface area contributed by atoms with Crippen LogP contribution in [0.1, 0.15) is 17.5 Å². The first-order valence-electron chi connectivity index (χ1n) is 5.36. The second-order valence-electron chi connectivity index (χ2n) is 4.07. The standard InChI is InChI=1S/C11H14N4OS/c1-6-2-3-13-11(9(6)10(12)17)15-7-4-8(16)14-5-7/h2-3,7H,4-5H2,1H3,(H2,12,17)(H,13,15)(H,14,16). The fourth-order valence-corrected chi connectivity index (χ4v) is 2.14. The summed E-state index contributed by atoms with van der Waals surface area (Å²) < 4.78 is 0. The van der Waals surface area contributed by atoms with Crippen molar-refractivity contribution in [2.45, 2.75) is 19.4 Å². The van der Waals surface area contributed by atoms with Crippen LogP contribution in [0.2, 0.25) is 0 Å². The average molecular weight is 250 g/mol. The molecule has 1 aromatic rings. The zero-order chi connectivity index (χ0) is 12.4. The Labute approximate surface area is 105 Å². The minimum atomic E-state index is 0.0462. The van der Waals surface area contributed by atoms with E-state index < -0.39 is 0 Å². The molecule has 1 fully saturated rings. The molecule has 0 aliphatic carbocycles. The van der Waals surface area contributed by atoms with E-state index in [4.69, 9.17) is 18.0 Å². The Kier molecular flexibility index (Phi) is 3.23. The van der Waals surface area contributed by atoms with E-state index in [-0.39, 0.29) is 11.9 Å². The van der Waals surface area contributed by atoms with Crippen LogP contribution in [0, 0.1) is 6.92 Å². The van der Waals surface area contributed by atoms with Crippen LogP contribution >= 0.6 is 12.2 Å². The van der Waals surface area contributed by atoms with E-state index in [2.05, 4.69) is 15.6 Å². The Morgan fingerprint density at radius 2 is 2.47 bits per heavy atom. The minimum Gasteiger partial charge on any atom is -0.389 e. The Morgan fingerprint density at radius 3 is 3.06 bits per heavy atom. The van der Waals surface area contributed by atoms with Crippen molar-refractivity contribution >= 4 is 28.9 Å². The van der Waals surface area contributed by atoms with Crippen molar-refractivity contribution in [3.05, 3.63) is 23.4 Å². The average Bonchev–Trinajstić information content (AvgIpc) is 2.63. The highest BCUT2D eigenvalue weighted by atomic mass is 32.1. The van der Waals surface area contributed by atoms with Crippen LogP contribution < -0.4 is 16.4 Å². The maximum Gasteiger partial charge on any atom is 0.222 e. The zero-order valence-electron chi connectivity index (χ0n) is 9.49. The van der Waals surface area contributed by atoms with Crippen molar-refractivity contribution < 1.29 is 4.79 Å². The number of aryl methyl sites for hydroxylation is 1. The maximum atomic E-state index is 11.1. The number of nitrogens with two attached hydrogens (primary N) is 1. The van der Waals surface area contributed by atoms with E-state index in [1.54, 1.807) is 6.20 Å². The molecule has 1 atom stereocenters. The van der Waals surface area contributed by atoms with Gasteiger partial charge < -0.3 is 16.4 Å². The lowest BCUT2D eigenvalue weighted by molar-refractivity contribution is -0.119. The summed E-state index contributed by atoms with van der Waals surface area (Å²) in [6, 6.07) is 1.91. The summed E-state index contributed by atoms with van der Waals surface area (Å²) >= 11 is 5.02. The quantitative estimate of drug-likeness (QED) is 0.673. The molecule has 0 spiro atoms. The number of carbonyl (C=O) groups is 1. The van der Waals surface area contributed by atoms with E-state index in [9.17, 15) is 4.79 Å². The second kappa shape index (κ2) is 4.67. The first kappa shape index (κ1) is 11.8. The summed E-state index contributed by atoms with van der Waals surface area (Å²) in [7, 11) is 0. The number of nitrogens with zero attached hydrogens (tertiary/aromatic N) is 1. The molecule has 5 nitrogen and oxygen atoms in total. The molecule has 2 heterocycles. The highest BCUT2D eigenvalue weighted by Gasteiger charge is 2.22. The van der Waals surface area contributed by atoms with Gasteiger partial charge in [-0.1, -0.05) is 12.2 Å². The van der Waals surface area contributed by atoms with Gasteiger partial charge in [-0.15, -0.1) is 0 Å².